The summed E-state index contributed by atoms with van der Waals surface area (Å²) in [6.07, 6.45) is 5.76. The van der Waals surface area contributed by atoms with E-state index in [0.29, 0.717) is 18.4 Å². The van der Waals surface area contributed by atoms with Gasteiger partial charge in [0.2, 0.25) is 0 Å². The van der Waals surface area contributed by atoms with Gasteiger partial charge in [0.15, 0.2) is 11.6 Å². The fourth-order valence-electron chi connectivity index (χ4n) is 2.73. The molecule has 1 saturated heterocycles. The molecule has 2 rings (SSSR count). The molecule has 20 heavy (non-hydrogen) atoms. The Kier molecular flexibility index (Phi) is 4.74. The molecule has 110 valence electrons. The molecule has 1 aliphatic heterocycles. The van der Waals surface area contributed by atoms with Crippen molar-refractivity contribution in [3.05, 3.63) is 22.8 Å². The van der Waals surface area contributed by atoms with Gasteiger partial charge in [-0.05, 0) is 24.0 Å². The van der Waals surface area contributed by atoms with Crippen LogP contribution in [0.4, 0.5) is 0 Å². The Morgan fingerprint density at radius 3 is 2.45 bits per heavy atom. The van der Waals surface area contributed by atoms with Crippen LogP contribution in [0.5, 0.6) is 0 Å². The van der Waals surface area contributed by atoms with Crippen LogP contribution in [0.15, 0.2) is 22.8 Å². The average molecular weight is 293 g/mol. The average Bonchev–Trinajstić information content (AvgIpc) is 2.74. The minimum Gasteiger partial charge on any atom is -0.366 e. The third-order valence-electron chi connectivity index (χ3n) is 3.69. The van der Waals surface area contributed by atoms with Gasteiger partial charge >= 0.3 is 0 Å². The lowest BCUT2D eigenvalue weighted by molar-refractivity contribution is -0.127. The van der Waals surface area contributed by atoms with Crippen LogP contribution < -0.4 is 0 Å². The predicted octanol–water partition coefficient (Wildman–Crippen LogP) is 3.17. The number of thioether (sulfide) groups is 1. The van der Waals surface area contributed by atoms with Crippen LogP contribution in [0, 0.1) is 5.41 Å². The highest BCUT2D eigenvalue weighted by molar-refractivity contribution is 8.03. The van der Waals surface area contributed by atoms with Gasteiger partial charge in [-0.1, -0.05) is 20.8 Å². The van der Waals surface area contributed by atoms with Gasteiger partial charge in [-0.3, -0.25) is 9.59 Å². The maximum absolute atomic E-state index is 12.1. The molecule has 2 fully saturated rings. The van der Waals surface area contributed by atoms with Crippen LogP contribution in [0.1, 0.15) is 40.0 Å². The lowest BCUT2D eigenvalue weighted by atomic mass is 9.74. The molecule has 2 aliphatic rings. The number of hydrogen-bond donors (Lipinski definition) is 0. The van der Waals surface area contributed by atoms with E-state index in [9.17, 15) is 9.59 Å². The third-order valence-corrected chi connectivity index (χ3v) is 4.76. The summed E-state index contributed by atoms with van der Waals surface area (Å²) in [6.45, 7) is 8.22. The highest BCUT2D eigenvalue weighted by atomic mass is 32.2. The number of ketones is 2. The molecule has 0 radical (unpaired) electrons. The van der Waals surface area contributed by atoms with E-state index >= 15 is 0 Å². The quantitative estimate of drug-likeness (QED) is 0.591. The SMILES string of the molecule is CCCN1CCS/C1=C\C=C1C(=O)CC(C)(C)CC1=O. The lowest BCUT2D eigenvalue weighted by Crippen LogP contribution is -2.31. The van der Waals surface area contributed by atoms with Crippen molar-refractivity contribution in [2.45, 2.75) is 40.0 Å². The van der Waals surface area contributed by atoms with Crippen molar-refractivity contribution in [3.63, 3.8) is 0 Å². The number of Topliss-reactive ketones (excluding diaryl/α,β-unsaturated/α-hetero) is 2. The normalized spacial score (nSPS) is 24.6. The topological polar surface area (TPSA) is 37.4 Å². The van der Waals surface area contributed by atoms with Gasteiger partial charge in [-0.25, -0.2) is 0 Å². The third kappa shape index (κ3) is 3.54. The molecular formula is C16H23NO2S. The second-order valence-electron chi connectivity index (χ2n) is 6.28. The van der Waals surface area contributed by atoms with Crippen LogP contribution in [0.2, 0.25) is 0 Å². The zero-order chi connectivity index (χ0) is 14.8. The first kappa shape index (κ1) is 15.4. The predicted molar refractivity (Wildman–Crippen MR) is 83.5 cm³/mol. The van der Waals surface area contributed by atoms with E-state index in [-0.39, 0.29) is 17.0 Å². The number of rotatable bonds is 3. The van der Waals surface area contributed by atoms with Gasteiger partial charge in [0, 0.05) is 31.7 Å². The molecule has 0 unspecified atom stereocenters. The first-order valence-electron chi connectivity index (χ1n) is 7.29. The Hall–Kier alpha value is -1.03. The van der Waals surface area contributed by atoms with E-state index in [1.807, 2.05) is 19.9 Å². The van der Waals surface area contributed by atoms with Crippen molar-refractivity contribution in [1.82, 2.24) is 4.90 Å². The molecule has 0 aromatic carbocycles. The summed E-state index contributed by atoms with van der Waals surface area (Å²) in [5.41, 5.74) is 0.204. The maximum atomic E-state index is 12.1. The van der Waals surface area contributed by atoms with Crippen LogP contribution in [-0.4, -0.2) is 35.3 Å². The number of allylic oxidation sites excluding steroid dienone is 3. The first-order valence-corrected chi connectivity index (χ1v) is 8.27. The first-order chi connectivity index (χ1) is 9.43. The minimum absolute atomic E-state index is 0.00635. The van der Waals surface area contributed by atoms with E-state index < -0.39 is 0 Å². The molecule has 1 saturated carbocycles. The molecule has 0 aromatic rings. The number of carbonyl (C=O) groups is 2. The lowest BCUT2D eigenvalue weighted by Gasteiger charge is -2.28. The fourth-order valence-corrected chi connectivity index (χ4v) is 3.78. The van der Waals surface area contributed by atoms with Crippen LogP contribution in [0.3, 0.4) is 0 Å². The van der Waals surface area contributed by atoms with Gasteiger partial charge in [-0.15, -0.1) is 11.8 Å². The molecular weight excluding hydrogens is 270 g/mol. The highest BCUT2D eigenvalue weighted by Crippen LogP contribution is 2.34. The van der Waals surface area contributed by atoms with E-state index in [2.05, 4.69) is 11.8 Å². The molecule has 0 bridgehead atoms. The van der Waals surface area contributed by atoms with Gasteiger partial charge in [-0.2, -0.15) is 0 Å². The highest BCUT2D eigenvalue weighted by Gasteiger charge is 2.35. The van der Waals surface area contributed by atoms with E-state index in [1.165, 1.54) is 5.03 Å². The van der Waals surface area contributed by atoms with Crippen molar-refractivity contribution >= 4 is 23.3 Å². The van der Waals surface area contributed by atoms with Crippen LogP contribution >= 0.6 is 11.8 Å². The monoisotopic (exact) mass is 293 g/mol. The summed E-state index contributed by atoms with van der Waals surface area (Å²) in [7, 11) is 0. The number of hydrogen-bond acceptors (Lipinski definition) is 4. The minimum atomic E-state index is -0.186. The molecule has 4 heteroatoms. The molecule has 1 aliphatic carbocycles. The summed E-state index contributed by atoms with van der Waals surface area (Å²) in [4.78, 5) is 26.5. The van der Waals surface area contributed by atoms with Gasteiger partial charge in [0.25, 0.3) is 0 Å². The second kappa shape index (κ2) is 6.17. The number of nitrogens with zero attached hydrogens (tertiary/aromatic N) is 1. The fraction of sp³-hybridized carbons (Fsp3) is 0.625. The maximum Gasteiger partial charge on any atom is 0.166 e. The summed E-state index contributed by atoms with van der Waals surface area (Å²) < 4.78 is 0. The van der Waals surface area contributed by atoms with Crippen LogP contribution in [0.25, 0.3) is 0 Å². The van der Waals surface area contributed by atoms with Crippen LogP contribution in [-0.2, 0) is 9.59 Å². The molecule has 3 nitrogen and oxygen atoms in total. The van der Waals surface area contributed by atoms with Crippen molar-refractivity contribution in [1.29, 1.82) is 0 Å². The Balaban J connectivity index is 2.14. The molecule has 0 atom stereocenters. The Morgan fingerprint density at radius 1 is 1.20 bits per heavy atom. The van der Waals surface area contributed by atoms with Crippen molar-refractivity contribution in [2.75, 3.05) is 18.8 Å². The van der Waals surface area contributed by atoms with Crippen molar-refractivity contribution in [2.24, 2.45) is 5.41 Å². The van der Waals surface area contributed by atoms with Gasteiger partial charge < -0.3 is 4.90 Å². The van der Waals surface area contributed by atoms with E-state index in [1.54, 1.807) is 17.8 Å². The summed E-state index contributed by atoms with van der Waals surface area (Å²) in [6, 6.07) is 0. The number of carbonyl (C=O) groups excluding carboxylic acids is 2. The van der Waals surface area contributed by atoms with E-state index in [4.69, 9.17) is 0 Å². The largest absolute Gasteiger partial charge is 0.366 e. The molecule has 0 amide bonds. The second-order valence-corrected chi connectivity index (χ2v) is 7.40. The molecule has 1 heterocycles. The zero-order valence-electron chi connectivity index (χ0n) is 12.6. The van der Waals surface area contributed by atoms with Crippen molar-refractivity contribution < 1.29 is 9.59 Å². The van der Waals surface area contributed by atoms with Crippen molar-refractivity contribution in [3.8, 4) is 0 Å². The summed E-state index contributed by atoms with van der Waals surface area (Å²) >= 11 is 1.80. The van der Waals surface area contributed by atoms with Gasteiger partial charge in [0.05, 0.1) is 10.6 Å². The van der Waals surface area contributed by atoms with Gasteiger partial charge in [0.1, 0.15) is 0 Å². The molecule has 0 N–H and O–H groups in total. The zero-order valence-corrected chi connectivity index (χ0v) is 13.4. The summed E-state index contributed by atoms with van der Waals surface area (Å²) in [5.74, 6) is 1.07. The Bertz CT molecular complexity index is 455. The Labute approximate surface area is 125 Å². The smallest absolute Gasteiger partial charge is 0.166 e. The summed E-state index contributed by atoms with van der Waals surface area (Å²) in [5, 5.41) is 1.18. The standard InChI is InChI=1S/C16H23NO2S/c1-4-7-17-8-9-20-15(17)6-5-12-13(18)10-16(2,3)11-14(12)19/h5-6H,4,7-11H2,1-3H3/b15-6-. The molecule has 0 aromatic heterocycles. The Morgan fingerprint density at radius 2 is 1.85 bits per heavy atom. The molecule has 0 spiro atoms. The van der Waals surface area contributed by atoms with E-state index in [0.717, 1.165) is 25.3 Å².